The number of hydrogen-bond donors (Lipinski definition) is 2. The third-order valence-corrected chi connectivity index (χ3v) is 1.98. The maximum Gasteiger partial charge on any atom is 0.323 e. The highest BCUT2D eigenvalue weighted by Gasteiger charge is 2.04. The predicted molar refractivity (Wildman–Crippen MR) is 64.8 cm³/mol. The van der Waals surface area contributed by atoms with Crippen LogP contribution in [0, 0.1) is 0 Å². The van der Waals surface area contributed by atoms with Crippen LogP contribution in [0.5, 0.6) is 6.01 Å². The average Bonchev–Trinajstić information content (AvgIpc) is 2.37. The summed E-state index contributed by atoms with van der Waals surface area (Å²) in [7, 11) is 0. The van der Waals surface area contributed by atoms with Gasteiger partial charge in [0.15, 0.2) is 0 Å². The Kier molecular flexibility index (Phi) is 3.79. The molecule has 0 aliphatic rings. The summed E-state index contributed by atoms with van der Waals surface area (Å²) in [6.07, 6.45) is 3.14. The number of nitrogen functional groups attached to an aromatic ring is 1. The van der Waals surface area contributed by atoms with Gasteiger partial charge >= 0.3 is 6.01 Å². The molecule has 0 amide bonds. The molecule has 94 valence electrons. The molecule has 0 radical (unpaired) electrons. The van der Waals surface area contributed by atoms with Crippen LogP contribution in [-0.2, 0) is 6.54 Å². The maximum atomic E-state index is 5.55. The SMILES string of the molecule is CCOc1nc(N)nc(NCc2ccncn2)n1. The number of nitrogens with two attached hydrogens (primary N) is 1. The van der Waals surface area contributed by atoms with Crippen molar-refractivity contribution in [3.05, 3.63) is 24.3 Å². The second-order valence-corrected chi connectivity index (χ2v) is 3.29. The first kappa shape index (κ1) is 12.0. The van der Waals surface area contributed by atoms with Crippen molar-refractivity contribution in [2.75, 3.05) is 17.7 Å². The summed E-state index contributed by atoms with van der Waals surface area (Å²) in [6.45, 7) is 2.78. The lowest BCUT2D eigenvalue weighted by Crippen LogP contribution is -2.09. The lowest BCUT2D eigenvalue weighted by Gasteiger charge is -2.06. The Morgan fingerprint density at radius 2 is 2.22 bits per heavy atom. The van der Waals surface area contributed by atoms with Gasteiger partial charge in [0.2, 0.25) is 11.9 Å². The van der Waals surface area contributed by atoms with E-state index in [9.17, 15) is 0 Å². The number of nitrogens with one attached hydrogen (secondary N) is 1. The third-order valence-electron chi connectivity index (χ3n) is 1.98. The zero-order valence-electron chi connectivity index (χ0n) is 9.87. The van der Waals surface area contributed by atoms with E-state index in [0.29, 0.717) is 19.1 Å². The van der Waals surface area contributed by atoms with Crippen molar-refractivity contribution in [3.8, 4) is 6.01 Å². The molecule has 0 bridgehead atoms. The normalized spacial score (nSPS) is 10.1. The number of rotatable bonds is 5. The van der Waals surface area contributed by atoms with E-state index in [-0.39, 0.29) is 12.0 Å². The Morgan fingerprint density at radius 3 is 2.94 bits per heavy atom. The highest BCUT2D eigenvalue weighted by atomic mass is 16.5. The van der Waals surface area contributed by atoms with Crippen molar-refractivity contribution in [2.45, 2.75) is 13.5 Å². The Bertz CT molecular complexity index is 505. The Labute approximate surface area is 104 Å². The highest BCUT2D eigenvalue weighted by molar-refractivity contribution is 5.32. The Hall–Kier alpha value is -2.51. The molecule has 18 heavy (non-hydrogen) atoms. The number of aromatic nitrogens is 5. The van der Waals surface area contributed by atoms with Gasteiger partial charge in [0, 0.05) is 6.20 Å². The fraction of sp³-hybridized carbons (Fsp3) is 0.300. The maximum absolute atomic E-state index is 5.55. The van der Waals surface area contributed by atoms with Crippen molar-refractivity contribution in [1.82, 2.24) is 24.9 Å². The first-order valence-corrected chi connectivity index (χ1v) is 5.41. The molecule has 0 aliphatic carbocycles. The van der Waals surface area contributed by atoms with Gasteiger partial charge < -0.3 is 15.8 Å². The predicted octanol–water partition coefficient (Wildman–Crippen LogP) is 0.255. The molecule has 2 heterocycles. The standard InChI is InChI=1S/C10H13N7O/c1-2-18-10-16-8(11)15-9(17-10)13-5-7-3-4-12-6-14-7/h3-4,6H,2,5H2,1H3,(H3,11,13,15,16,17). The monoisotopic (exact) mass is 247 g/mol. The van der Waals surface area contributed by atoms with Gasteiger partial charge in [-0.3, -0.25) is 0 Å². The first-order chi connectivity index (χ1) is 8.78. The van der Waals surface area contributed by atoms with E-state index < -0.39 is 0 Å². The van der Waals surface area contributed by atoms with Gasteiger partial charge in [-0.05, 0) is 13.0 Å². The minimum Gasteiger partial charge on any atom is -0.464 e. The fourth-order valence-electron chi connectivity index (χ4n) is 1.24. The van der Waals surface area contributed by atoms with E-state index in [1.54, 1.807) is 12.3 Å². The quantitative estimate of drug-likeness (QED) is 0.773. The minimum atomic E-state index is 0.110. The molecular weight excluding hydrogens is 234 g/mol. The number of hydrogen-bond acceptors (Lipinski definition) is 8. The minimum absolute atomic E-state index is 0.110. The van der Waals surface area contributed by atoms with E-state index in [2.05, 4.69) is 30.2 Å². The van der Waals surface area contributed by atoms with Gasteiger partial charge in [-0.25, -0.2) is 9.97 Å². The van der Waals surface area contributed by atoms with Crippen LogP contribution < -0.4 is 15.8 Å². The van der Waals surface area contributed by atoms with Gasteiger partial charge in [0.1, 0.15) is 6.33 Å². The lowest BCUT2D eigenvalue weighted by atomic mass is 10.4. The van der Waals surface area contributed by atoms with E-state index in [4.69, 9.17) is 10.5 Å². The molecule has 8 nitrogen and oxygen atoms in total. The molecule has 2 rings (SSSR count). The molecule has 2 aromatic heterocycles. The zero-order valence-corrected chi connectivity index (χ0v) is 9.87. The van der Waals surface area contributed by atoms with Crippen molar-refractivity contribution in [1.29, 1.82) is 0 Å². The summed E-state index contributed by atoms with van der Waals surface area (Å²) in [6, 6.07) is 2.00. The molecule has 0 unspecified atom stereocenters. The second-order valence-electron chi connectivity index (χ2n) is 3.29. The van der Waals surface area contributed by atoms with Crippen molar-refractivity contribution >= 4 is 11.9 Å². The lowest BCUT2D eigenvalue weighted by molar-refractivity contribution is 0.312. The summed E-state index contributed by atoms with van der Waals surface area (Å²) in [5, 5.41) is 2.99. The van der Waals surface area contributed by atoms with Crippen LogP contribution in [0.4, 0.5) is 11.9 Å². The zero-order chi connectivity index (χ0) is 12.8. The van der Waals surface area contributed by atoms with Crippen LogP contribution in [0.2, 0.25) is 0 Å². The summed E-state index contributed by atoms with van der Waals surface area (Å²) < 4.78 is 5.17. The summed E-state index contributed by atoms with van der Waals surface area (Å²) >= 11 is 0. The van der Waals surface area contributed by atoms with Gasteiger partial charge in [-0.2, -0.15) is 15.0 Å². The summed E-state index contributed by atoms with van der Waals surface area (Å²) in [4.78, 5) is 19.8. The molecule has 0 aliphatic heterocycles. The van der Waals surface area contributed by atoms with Crippen LogP contribution in [0.1, 0.15) is 12.6 Å². The molecule has 0 fully saturated rings. The van der Waals surface area contributed by atoms with Crippen molar-refractivity contribution < 1.29 is 4.74 Å². The molecular formula is C10H13N7O. The van der Waals surface area contributed by atoms with E-state index >= 15 is 0 Å². The van der Waals surface area contributed by atoms with Crippen LogP contribution in [0.15, 0.2) is 18.6 Å². The smallest absolute Gasteiger partial charge is 0.323 e. The van der Waals surface area contributed by atoms with Gasteiger partial charge in [-0.15, -0.1) is 0 Å². The second kappa shape index (κ2) is 5.71. The largest absolute Gasteiger partial charge is 0.464 e. The van der Waals surface area contributed by atoms with Crippen LogP contribution in [0.3, 0.4) is 0 Å². The summed E-state index contributed by atoms with van der Waals surface area (Å²) in [5.74, 6) is 0.461. The highest BCUT2D eigenvalue weighted by Crippen LogP contribution is 2.09. The Balaban J connectivity index is 2.05. The van der Waals surface area contributed by atoms with Crippen LogP contribution in [0.25, 0.3) is 0 Å². The van der Waals surface area contributed by atoms with Crippen molar-refractivity contribution in [3.63, 3.8) is 0 Å². The number of nitrogens with zero attached hydrogens (tertiary/aromatic N) is 5. The average molecular weight is 247 g/mol. The third kappa shape index (κ3) is 3.24. The molecule has 0 atom stereocenters. The number of anilines is 2. The van der Waals surface area contributed by atoms with Crippen molar-refractivity contribution in [2.24, 2.45) is 0 Å². The van der Waals surface area contributed by atoms with E-state index in [0.717, 1.165) is 5.69 Å². The first-order valence-electron chi connectivity index (χ1n) is 5.41. The molecule has 2 aromatic rings. The van der Waals surface area contributed by atoms with Crippen LogP contribution >= 0.6 is 0 Å². The molecule has 0 saturated carbocycles. The molecule has 0 spiro atoms. The molecule has 0 saturated heterocycles. The number of ether oxygens (including phenoxy) is 1. The molecule has 0 aromatic carbocycles. The molecule has 3 N–H and O–H groups in total. The Morgan fingerprint density at radius 1 is 1.33 bits per heavy atom. The van der Waals surface area contributed by atoms with Gasteiger partial charge in [0.25, 0.3) is 0 Å². The van der Waals surface area contributed by atoms with Gasteiger partial charge in [0.05, 0.1) is 18.8 Å². The van der Waals surface area contributed by atoms with Crippen LogP contribution in [-0.4, -0.2) is 31.5 Å². The van der Waals surface area contributed by atoms with E-state index in [1.807, 2.05) is 6.92 Å². The van der Waals surface area contributed by atoms with E-state index in [1.165, 1.54) is 6.33 Å². The molecule has 8 heteroatoms. The topological polar surface area (TPSA) is 112 Å². The van der Waals surface area contributed by atoms with Gasteiger partial charge in [-0.1, -0.05) is 0 Å². The fourth-order valence-corrected chi connectivity index (χ4v) is 1.24. The summed E-state index contributed by atoms with van der Waals surface area (Å²) in [5.41, 5.74) is 6.37.